The van der Waals surface area contributed by atoms with Gasteiger partial charge in [-0.25, -0.2) is 4.79 Å². The summed E-state index contributed by atoms with van der Waals surface area (Å²) in [6.45, 7) is 1.93. The quantitative estimate of drug-likeness (QED) is 0.820. The molecular weight excluding hydrogens is 298 g/mol. The molecule has 0 spiro atoms. The number of carboxylic acids is 1. The van der Waals surface area contributed by atoms with Crippen molar-refractivity contribution in [2.24, 2.45) is 0 Å². The molecule has 2 aromatic rings. The third-order valence-electron chi connectivity index (χ3n) is 2.91. The second kappa shape index (κ2) is 7.84. The zero-order valence-corrected chi connectivity index (χ0v) is 12.6. The summed E-state index contributed by atoms with van der Waals surface area (Å²) in [5, 5.41) is 11.7. The van der Waals surface area contributed by atoms with Crippen LogP contribution in [0, 0.1) is 0 Å². The van der Waals surface area contributed by atoms with E-state index in [0.29, 0.717) is 23.8 Å². The molecule has 1 amide bonds. The summed E-state index contributed by atoms with van der Waals surface area (Å²) in [6, 6.07) is 13.3. The summed E-state index contributed by atoms with van der Waals surface area (Å²) in [5.41, 5.74) is 0.766. The minimum Gasteiger partial charge on any atom is -0.490 e. The van der Waals surface area contributed by atoms with Gasteiger partial charge in [0.2, 0.25) is 0 Å². The van der Waals surface area contributed by atoms with Gasteiger partial charge in [0.1, 0.15) is 0 Å². The first kappa shape index (κ1) is 16.4. The number of hydrogen-bond acceptors (Lipinski definition) is 4. The van der Waals surface area contributed by atoms with Crippen molar-refractivity contribution < 1.29 is 24.2 Å². The fraction of sp³-hybridized carbons (Fsp3) is 0.176. The van der Waals surface area contributed by atoms with Gasteiger partial charge in [0, 0.05) is 5.69 Å². The van der Waals surface area contributed by atoms with Crippen molar-refractivity contribution in [2.45, 2.75) is 6.92 Å². The van der Waals surface area contributed by atoms with Gasteiger partial charge in [-0.1, -0.05) is 18.2 Å². The van der Waals surface area contributed by atoms with E-state index in [9.17, 15) is 9.59 Å². The zero-order chi connectivity index (χ0) is 16.7. The highest BCUT2D eigenvalue weighted by Gasteiger charge is 2.12. The number of carboxylic acid groups (broad SMARTS) is 1. The minimum absolute atomic E-state index is 0.0922. The molecule has 0 aliphatic carbocycles. The van der Waals surface area contributed by atoms with Gasteiger partial charge in [-0.05, 0) is 37.3 Å². The Bertz CT molecular complexity index is 685. The molecule has 0 aliphatic rings. The Hall–Kier alpha value is -3.02. The second-order valence-corrected chi connectivity index (χ2v) is 4.60. The van der Waals surface area contributed by atoms with Gasteiger partial charge in [0.25, 0.3) is 5.91 Å². The predicted octanol–water partition coefficient (Wildman–Crippen LogP) is 2.80. The van der Waals surface area contributed by atoms with Gasteiger partial charge in [0.05, 0.1) is 12.2 Å². The first-order chi connectivity index (χ1) is 11.1. The maximum atomic E-state index is 11.9. The van der Waals surface area contributed by atoms with Crippen LogP contribution in [0.2, 0.25) is 0 Å². The number of nitrogens with one attached hydrogen (secondary N) is 1. The number of amides is 1. The predicted molar refractivity (Wildman–Crippen MR) is 85.1 cm³/mol. The number of hydrogen-bond donors (Lipinski definition) is 2. The number of benzene rings is 2. The zero-order valence-electron chi connectivity index (χ0n) is 12.6. The maximum absolute atomic E-state index is 11.9. The number of aromatic carboxylic acids is 1. The van der Waals surface area contributed by atoms with E-state index in [0.717, 1.165) is 0 Å². The van der Waals surface area contributed by atoms with Crippen LogP contribution in [-0.4, -0.2) is 30.2 Å². The molecule has 0 saturated carbocycles. The van der Waals surface area contributed by atoms with Gasteiger partial charge in [-0.3, -0.25) is 4.79 Å². The van der Waals surface area contributed by atoms with Crippen LogP contribution in [0.25, 0.3) is 0 Å². The Balaban J connectivity index is 2.01. The van der Waals surface area contributed by atoms with Gasteiger partial charge < -0.3 is 19.9 Å². The van der Waals surface area contributed by atoms with E-state index in [-0.39, 0.29) is 18.1 Å². The number of anilines is 1. The molecule has 23 heavy (non-hydrogen) atoms. The fourth-order valence-electron chi connectivity index (χ4n) is 1.89. The third kappa shape index (κ3) is 4.74. The summed E-state index contributed by atoms with van der Waals surface area (Å²) in [4.78, 5) is 22.8. The number of carbonyl (C=O) groups excluding carboxylic acids is 1. The highest BCUT2D eigenvalue weighted by Crippen LogP contribution is 2.28. The summed E-state index contributed by atoms with van der Waals surface area (Å²) in [5.74, 6) is -0.764. The van der Waals surface area contributed by atoms with Crippen molar-refractivity contribution in [1.29, 1.82) is 0 Å². The van der Waals surface area contributed by atoms with Gasteiger partial charge in [0.15, 0.2) is 18.1 Å². The van der Waals surface area contributed by atoms with E-state index < -0.39 is 5.97 Å². The minimum atomic E-state index is -1.06. The van der Waals surface area contributed by atoms with E-state index in [1.807, 2.05) is 18.2 Å². The topological polar surface area (TPSA) is 84.9 Å². The molecule has 0 fully saturated rings. The molecule has 120 valence electrons. The molecule has 6 heteroatoms. The van der Waals surface area contributed by atoms with E-state index in [1.165, 1.54) is 18.2 Å². The Morgan fingerprint density at radius 3 is 2.43 bits per heavy atom. The molecule has 0 aliphatic heterocycles. The average molecular weight is 315 g/mol. The second-order valence-electron chi connectivity index (χ2n) is 4.60. The summed E-state index contributed by atoms with van der Waals surface area (Å²) >= 11 is 0. The van der Waals surface area contributed by atoms with E-state index >= 15 is 0 Å². The van der Waals surface area contributed by atoms with Gasteiger partial charge in [-0.2, -0.15) is 0 Å². The fourth-order valence-corrected chi connectivity index (χ4v) is 1.89. The number of para-hydroxylation sites is 1. The first-order valence-corrected chi connectivity index (χ1v) is 7.08. The largest absolute Gasteiger partial charge is 0.490 e. The molecule has 2 rings (SSSR count). The van der Waals surface area contributed by atoms with Crippen molar-refractivity contribution in [3.05, 3.63) is 54.1 Å². The highest BCUT2D eigenvalue weighted by atomic mass is 16.5. The van der Waals surface area contributed by atoms with Crippen molar-refractivity contribution in [3.63, 3.8) is 0 Å². The molecule has 2 aromatic carbocycles. The Kier molecular flexibility index (Phi) is 5.57. The Morgan fingerprint density at radius 1 is 1.04 bits per heavy atom. The SMILES string of the molecule is CCOc1cc(C(=O)O)ccc1OCC(=O)Nc1ccccc1. The summed E-state index contributed by atoms with van der Waals surface area (Å²) in [7, 11) is 0. The molecule has 2 N–H and O–H groups in total. The van der Waals surface area contributed by atoms with E-state index in [2.05, 4.69) is 5.32 Å². The average Bonchev–Trinajstić information content (AvgIpc) is 2.54. The summed E-state index contributed by atoms with van der Waals surface area (Å²) < 4.78 is 10.8. The van der Waals surface area contributed by atoms with Crippen LogP contribution in [0.3, 0.4) is 0 Å². The lowest BCUT2D eigenvalue weighted by Crippen LogP contribution is -2.20. The first-order valence-electron chi connectivity index (χ1n) is 7.08. The van der Waals surface area contributed by atoms with E-state index in [1.54, 1.807) is 19.1 Å². The van der Waals surface area contributed by atoms with Crippen LogP contribution in [0.1, 0.15) is 17.3 Å². The molecule has 0 saturated heterocycles. The Labute approximate surface area is 133 Å². The maximum Gasteiger partial charge on any atom is 0.335 e. The number of carbonyl (C=O) groups is 2. The lowest BCUT2D eigenvalue weighted by molar-refractivity contribution is -0.118. The van der Waals surface area contributed by atoms with Crippen LogP contribution in [0.5, 0.6) is 11.5 Å². The van der Waals surface area contributed by atoms with Crippen LogP contribution >= 0.6 is 0 Å². The van der Waals surface area contributed by atoms with Crippen molar-refractivity contribution >= 4 is 17.6 Å². The molecule has 0 atom stereocenters. The monoisotopic (exact) mass is 315 g/mol. The van der Waals surface area contributed by atoms with E-state index in [4.69, 9.17) is 14.6 Å². The van der Waals surface area contributed by atoms with Crippen LogP contribution in [0.15, 0.2) is 48.5 Å². The molecule has 0 radical (unpaired) electrons. The lowest BCUT2D eigenvalue weighted by atomic mass is 10.2. The number of ether oxygens (including phenoxy) is 2. The summed E-state index contributed by atoms with van der Waals surface area (Å²) in [6.07, 6.45) is 0. The molecule has 6 nitrogen and oxygen atoms in total. The van der Waals surface area contributed by atoms with Crippen LogP contribution in [-0.2, 0) is 4.79 Å². The molecule has 0 bridgehead atoms. The van der Waals surface area contributed by atoms with Crippen molar-refractivity contribution in [3.8, 4) is 11.5 Å². The highest BCUT2D eigenvalue weighted by molar-refractivity contribution is 5.92. The standard InChI is InChI=1S/C17H17NO5/c1-2-22-15-10-12(17(20)21)8-9-14(15)23-11-16(19)18-13-6-4-3-5-7-13/h3-10H,2,11H2,1H3,(H,18,19)(H,20,21). The number of rotatable bonds is 7. The van der Waals surface area contributed by atoms with Crippen LogP contribution in [0.4, 0.5) is 5.69 Å². The van der Waals surface area contributed by atoms with Crippen molar-refractivity contribution in [1.82, 2.24) is 0 Å². The molecule has 0 heterocycles. The molecule has 0 unspecified atom stereocenters. The lowest BCUT2D eigenvalue weighted by Gasteiger charge is -2.12. The normalized spacial score (nSPS) is 9.96. The van der Waals surface area contributed by atoms with Crippen LogP contribution < -0.4 is 14.8 Å². The third-order valence-corrected chi connectivity index (χ3v) is 2.91. The smallest absolute Gasteiger partial charge is 0.335 e. The Morgan fingerprint density at radius 2 is 1.78 bits per heavy atom. The van der Waals surface area contributed by atoms with Gasteiger partial charge in [-0.15, -0.1) is 0 Å². The molecule has 0 aromatic heterocycles. The molecular formula is C17H17NO5. The van der Waals surface area contributed by atoms with Crippen molar-refractivity contribution in [2.75, 3.05) is 18.5 Å². The van der Waals surface area contributed by atoms with Gasteiger partial charge >= 0.3 is 5.97 Å².